The summed E-state index contributed by atoms with van der Waals surface area (Å²) in [6.45, 7) is 6.07. The van der Waals surface area contributed by atoms with Gasteiger partial charge in [0.15, 0.2) is 0 Å². The number of alkyl halides is 1. The summed E-state index contributed by atoms with van der Waals surface area (Å²) >= 11 is 0. The normalized spacial score (nSPS) is 12.0. The van der Waals surface area contributed by atoms with Crippen molar-refractivity contribution >= 4 is 5.91 Å². The number of halogens is 1. The smallest absolute Gasteiger partial charge is 0.243 e. The number of hydrogen-bond acceptors (Lipinski definition) is 1. The summed E-state index contributed by atoms with van der Waals surface area (Å²) in [5.74, 6) is -0.234. The van der Waals surface area contributed by atoms with Crippen LogP contribution in [0.2, 0.25) is 0 Å². The molecule has 12 heavy (non-hydrogen) atoms. The first kappa shape index (κ1) is 11.1. The van der Waals surface area contributed by atoms with E-state index in [0.29, 0.717) is 6.54 Å². The number of hydrogen-bond donors (Lipinski definition) is 1. The van der Waals surface area contributed by atoms with Gasteiger partial charge in [0.1, 0.15) is 6.67 Å². The van der Waals surface area contributed by atoms with Crippen molar-refractivity contribution in [2.24, 2.45) is 5.41 Å². The summed E-state index contributed by atoms with van der Waals surface area (Å²) in [5.41, 5.74) is 0.0687. The summed E-state index contributed by atoms with van der Waals surface area (Å²) in [6.07, 6.45) is 2.41. The third kappa shape index (κ3) is 7.25. The van der Waals surface area contributed by atoms with Gasteiger partial charge < -0.3 is 5.32 Å². The highest BCUT2D eigenvalue weighted by molar-refractivity contribution is 5.87. The lowest BCUT2D eigenvalue weighted by Crippen LogP contribution is -2.30. The molecule has 0 saturated carbocycles. The first-order chi connectivity index (χ1) is 5.45. The highest BCUT2D eigenvalue weighted by Gasteiger charge is 2.09. The molecule has 0 rings (SSSR count). The fourth-order valence-electron chi connectivity index (χ4n) is 0.563. The van der Waals surface area contributed by atoms with Crippen LogP contribution >= 0.6 is 0 Å². The Bertz CT molecular complexity index is 170. The summed E-state index contributed by atoms with van der Waals surface area (Å²) in [6, 6.07) is 0. The van der Waals surface area contributed by atoms with E-state index in [9.17, 15) is 9.18 Å². The summed E-state index contributed by atoms with van der Waals surface area (Å²) in [4.78, 5) is 10.9. The van der Waals surface area contributed by atoms with Gasteiger partial charge in [-0.1, -0.05) is 20.8 Å². The number of allylic oxidation sites excluding steroid dienone is 1. The molecule has 0 atom stereocenters. The van der Waals surface area contributed by atoms with E-state index in [1.54, 1.807) is 0 Å². The molecule has 0 aromatic heterocycles. The Morgan fingerprint density at radius 2 is 2.08 bits per heavy atom. The van der Waals surface area contributed by atoms with Crippen LogP contribution in [0.3, 0.4) is 0 Å². The Morgan fingerprint density at radius 3 is 2.50 bits per heavy atom. The number of nitrogens with one attached hydrogen (secondary N) is 1. The third-order valence-corrected chi connectivity index (χ3v) is 1.15. The van der Waals surface area contributed by atoms with E-state index in [4.69, 9.17) is 0 Å². The van der Waals surface area contributed by atoms with Crippen LogP contribution in [0, 0.1) is 5.41 Å². The zero-order chi connectivity index (χ0) is 9.61. The van der Waals surface area contributed by atoms with Gasteiger partial charge in [0.05, 0.1) is 0 Å². The van der Waals surface area contributed by atoms with E-state index in [-0.39, 0.29) is 11.3 Å². The summed E-state index contributed by atoms with van der Waals surface area (Å²) < 4.78 is 11.6. The van der Waals surface area contributed by atoms with Crippen molar-refractivity contribution in [3.8, 4) is 0 Å². The fourth-order valence-corrected chi connectivity index (χ4v) is 0.563. The lowest BCUT2D eigenvalue weighted by molar-refractivity contribution is -0.116. The quantitative estimate of drug-likeness (QED) is 0.646. The van der Waals surface area contributed by atoms with Crippen molar-refractivity contribution in [3.63, 3.8) is 0 Å². The van der Waals surface area contributed by atoms with E-state index in [1.165, 1.54) is 12.2 Å². The summed E-state index contributed by atoms with van der Waals surface area (Å²) in [7, 11) is 0. The number of amides is 1. The zero-order valence-corrected chi connectivity index (χ0v) is 7.86. The second kappa shape index (κ2) is 4.91. The van der Waals surface area contributed by atoms with Crippen molar-refractivity contribution in [2.45, 2.75) is 20.8 Å². The molecule has 0 aliphatic heterocycles. The Kier molecular flexibility index (Phi) is 4.55. The van der Waals surface area contributed by atoms with Gasteiger partial charge in [-0.25, -0.2) is 4.39 Å². The second-order valence-corrected chi connectivity index (χ2v) is 3.84. The number of carbonyl (C=O) groups excluding carboxylic acids is 1. The van der Waals surface area contributed by atoms with E-state index in [2.05, 4.69) is 5.32 Å². The van der Waals surface area contributed by atoms with Crippen LogP contribution in [-0.2, 0) is 4.79 Å². The third-order valence-electron chi connectivity index (χ3n) is 1.15. The van der Waals surface area contributed by atoms with Crippen molar-refractivity contribution < 1.29 is 9.18 Å². The maximum Gasteiger partial charge on any atom is 0.243 e. The van der Waals surface area contributed by atoms with Crippen molar-refractivity contribution in [1.82, 2.24) is 5.32 Å². The minimum Gasteiger partial charge on any atom is -0.352 e. The average molecular weight is 173 g/mol. The molecule has 0 unspecified atom stereocenters. The van der Waals surface area contributed by atoms with E-state index >= 15 is 0 Å². The van der Waals surface area contributed by atoms with Gasteiger partial charge >= 0.3 is 0 Å². The molecule has 1 amide bonds. The fraction of sp³-hybridized carbons (Fsp3) is 0.667. The lowest BCUT2D eigenvalue weighted by atomic mass is 9.97. The van der Waals surface area contributed by atoms with Gasteiger partial charge in [-0.2, -0.15) is 0 Å². The highest BCUT2D eigenvalue weighted by atomic mass is 19.1. The monoisotopic (exact) mass is 173 g/mol. The van der Waals surface area contributed by atoms with Crippen molar-refractivity contribution in [2.75, 3.05) is 13.2 Å². The second-order valence-electron chi connectivity index (χ2n) is 3.84. The van der Waals surface area contributed by atoms with Crippen LogP contribution < -0.4 is 5.32 Å². The molecular weight excluding hydrogens is 157 g/mol. The van der Waals surface area contributed by atoms with Gasteiger partial charge in [0, 0.05) is 12.6 Å². The molecule has 0 heterocycles. The molecule has 1 N–H and O–H groups in total. The minimum absolute atomic E-state index is 0.0687. The largest absolute Gasteiger partial charge is 0.352 e. The molecule has 0 radical (unpaired) electrons. The number of carbonyl (C=O) groups is 1. The molecule has 0 saturated heterocycles. The van der Waals surface area contributed by atoms with Crippen LogP contribution in [0.1, 0.15) is 20.8 Å². The predicted molar refractivity (Wildman–Crippen MR) is 47.6 cm³/mol. The molecule has 2 nitrogen and oxygen atoms in total. The molecule has 3 heteroatoms. The summed E-state index contributed by atoms with van der Waals surface area (Å²) in [5, 5.41) is 2.66. The van der Waals surface area contributed by atoms with Gasteiger partial charge in [-0.3, -0.25) is 4.79 Å². The van der Waals surface area contributed by atoms with Crippen LogP contribution in [0.5, 0.6) is 0 Å². The zero-order valence-electron chi connectivity index (χ0n) is 7.86. The van der Waals surface area contributed by atoms with Crippen LogP contribution in [0.25, 0.3) is 0 Å². The first-order valence-corrected chi connectivity index (χ1v) is 3.96. The molecule has 0 aromatic rings. The molecule has 0 fully saturated rings. The SMILES string of the molecule is CC(C)(C)CNC(=O)/C=C/CF. The highest BCUT2D eigenvalue weighted by Crippen LogP contribution is 2.09. The topological polar surface area (TPSA) is 29.1 Å². The molecule has 0 bridgehead atoms. The van der Waals surface area contributed by atoms with E-state index in [1.807, 2.05) is 20.8 Å². The van der Waals surface area contributed by atoms with E-state index < -0.39 is 6.67 Å². The molecule has 0 aliphatic carbocycles. The van der Waals surface area contributed by atoms with Gasteiger partial charge in [0.25, 0.3) is 0 Å². The number of rotatable bonds is 3. The molecule has 0 aliphatic rings. The first-order valence-electron chi connectivity index (χ1n) is 3.96. The van der Waals surface area contributed by atoms with E-state index in [0.717, 1.165) is 0 Å². The molecule has 70 valence electrons. The molecular formula is C9H16FNO. The average Bonchev–Trinajstić information content (AvgIpc) is 1.95. The Hall–Kier alpha value is -0.860. The van der Waals surface area contributed by atoms with Crippen LogP contribution in [0.4, 0.5) is 4.39 Å². The van der Waals surface area contributed by atoms with Gasteiger partial charge in [0.2, 0.25) is 5.91 Å². The van der Waals surface area contributed by atoms with Crippen molar-refractivity contribution in [1.29, 1.82) is 0 Å². The predicted octanol–water partition coefficient (Wildman–Crippen LogP) is 1.67. The minimum atomic E-state index is -0.594. The maximum absolute atomic E-state index is 11.6. The van der Waals surface area contributed by atoms with Gasteiger partial charge in [-0.15, -0.1) is 0 Å². The van der Waals surface area contributed by atoms with Gasteiger partial charge in [-0.05, 0) is 11.5 Å². The Morgan fingerprint density at radius 1 is 1.50 bits per heavy atom. The Labute approximate surface area is 72.8 Å². The maximum atomic E-state index is 11.6. The Balaban J connectivity index is 3.65. The standard InChI is InChI=1S/C9H16FNO/c1-9(2,3)7-11-8(12)5-4-6-10/h4-5H,6-7H2,1-3H3,(H,11,12)/b5-4+. The molecule has 0 spiro atoms. The van der Waals surface area contributed by atoms with Crippen LogP contribution in [0.15, 0.2) is 12.2 Å². The van der Waals surface area contributed by atoms with Crippen LogP contribution in [-0.4, -0.2) is 19.1 Å². The van der Waals surface area contributed by atoms with Crippen molar-refractivity contribution in [3.05, 3.63) is 12.2 Å². The lowest BCUT2D eigenvalue weighted by Gasteiger charge is -2.17. The molecule has 0 aromatic carbocycles.